The van der Waals surface area contributed by atoms with E-state index in [1.165, 1.54) is 0 Å². The molecule has 0 aromatic heterocycles. The van der Waals surface area contributed by atoms with Gasteiger partial charge in [-0.15, -0.1) is 0 Å². The zero-order valence-electron chi connectivity index (χ0n) is 21.9. The largest absolute Gasteiger partial charge is 0.493 e. The lowest BCUT2D eigenvalue weighted by Gasteiger charge is -2.33. The topological polar surface area (TPSA) is 67.9 Å². The van der Waals surface area contributed by atoms with Gasteiger partial charge in [-0.05, 0) is 47.4 Å². The van der Waals surface area contributed by atoms with Crippen molar-refractivity contribution in [2.45, 2.75) is 39.3 Å². The van der Waals surface area contributed by atoms with Crippen LogP contribution in [-0.4, -0.2) is 43.5 Å². The Kier molecular flexibility index (Phi) is 10.4. The molecule has 0 aliphatic carbocycles. The maximum Gasteiger partial charge on any atom is 0.243 e. The summed E-state index contributed by atoms with van der Waals surface area (Å²) < 4.78 is 10.7. The number of nitrogens with one attached hydrogen (secondary N) is 1. The van der Waals surface area contributed by atoms with Crippen LogP contribution < -0.4 is 14.8 Å². The molecular weight excluding hydrogens is 488 g/mol. The van der Waals surface area contributed by atoms with Gasteiger partial charge in [0.2, 0.25) is 11.8 Å². The van der Waals surface area contributed by atoms with Crippen molar-refractivity contribution >= 4 is 23.4 Å². The molecule has 0 bridgehead atoms. The predicted octanol–water partition coefficient (Wildman–Crippen LogP) is 5.31. The van der Waals surface area contributed by atoms with Crippen molar-refractivity contribution in [2.24, 2.45) is 5.92 Å². The van der Waals surface area contributed by atoms with Gasteiger partial charge >= 0.3 is 0 Å². The second kappa shape index (κ2) is 13.7. The smallest absolute Gasteiger partial charge is 0.243 e. The summed E-state index contributed by atoms with van der Waals surface area (Å²) in [5.41, 5.74) is 2.91. The van der Waals surface area contributed by atoms with E-state index in [9.17, 15) is 9.59 Å². The summed E-state index contributed by atoms with van der Waals surface area (Å²) in [6, 6.07) is 22.2. The minimum Gasteiger partial charge on any atom is -0.493 e. The molecule has 6 nitrogen and oxygen atoms in total. The van der Waals surface area contributed by atoms with E-state index in [1.54, 1.807) is 31.3 Å². The van der Waals surface area contributed by atoms with Crippen LogP contribution in [0.15, 0.2) is 72.8 Å². The van der Waals surface area contributed by atoms with Crippen molar-refractivity contribution in [3.05, 3.63) is 94.5 Å². The summed E-state index contributed by atoms with van der Waals surface area (Å²) in [6.07, 6.45) is 1.02. The van der Waals surface area contributed by atoms with Gasteiger partial charge in [0.25, 0.3) is 0 Å². The molecule has 0 fully saturated rings. The molecule has 0 saturated carbocycles. The van der Waals surface area contributed by atoms with E-state index in [0.29, 0.717) is 42.5 Å². The lowest BCUT2D eigenvalue weighted by atomic mass is 10.0. The summed E-state index contributed by atoms with van der Waals surface area (Å²) in [5, 5.41) is 3.69. The Morgan fingerprint density at radius 2 is 1.51 bits per heavy atom. The maximum atomic E-state index is 13.6. The second-order valence-electron chi connectivity index (χ2n) is 9.18. The molecule has 0 saturated heterocycles. The fraction of sp³-hybridized carbons (Fsp3) is 0.333. The zero-order valence-corrected chi connectivity index (χ0v) is 22.6. The van der Waals surface area contributed by atoms with Crippen LogP contribution in [-0.2, 0) is 29.0 Å². The van der Waals surface area contributed by atoms with E-state index in [0.717, 1.165) is 16.7 Å². The minimum atomic E-state index is -0.668. The third-order valence-corrected chi connectivity index (χ3v) is 6.41. The van der Waals surface area contributed by atoms with Crippen molar-refractivity contribution in [1.29, 1.82) is 0 Å². The molecule has 0 spiro atoms. The van der Waals surface area contributed by atoms with Crippen molar-refractivity contribution in [1.82, 2.24) is 10.2 Å². The van der Waals surface area contributed by atoms with Crippen molar-refractivity contribution in [2.75, 3.05) is 20.8 Å². The van der Waals surface area contributed by atoms with E-state index in [-0.39, 0.29) is 17.7 Å². The first-order valence-corrected chi connectivity index (χ1v) is 12.8. The van der Waals surface area contributed by atoms with Crippen LogP contribution in [0.25, 0.3) is 0 Å². The standard InChI is InChI=1S/C30H35ClN2O4/c1-21(2)30(35)33(20-24-10-13-25(31)14-11-24)26(18-22-8-6-5-7-9-22)29(34)32-17-16-23-12-15-27(36-3)28(19-23)37-4/h5-15,19,21,26H,16-18,20H2,1-4H3,(H,32,34). The molecule has 37 heavy (non-hydrogen) atoms. The van der Waals surface area contributed by atoms with E-state index in [4.69, 9.17) is 21.1 Å². The first-order chi connectivity index (χ1) is 17.8. The zero-order chi connectivity index (χ0) is 26.8. The molecule has 1 unspecified atom stereocenters. The highest BCUT2D eigenvalue weighted by atomic mass is 35.5. The van der Waals surface area contributed by atoms with Gasteiger partial charge in [0.1, 0.15) is 6.04 Å². The second-order valence-corrected chi connectivity index (χ2v) is 9.62. The van der Waals surface area contributed by atoms with Crippen LogP contribution in [0, 0.1) is 5.92 Å². The summed E-state index contributed by atoms with van der Waals surface area (Å²) in [5.74, 6) is 0.775. The van der Waals surface area contributed by atoms with Crippen molar-refractivity contribution < 1.29 is 19.1 Å². The molecule has 0 heterocycles. The predicted molar refractivity (Wildman–Crippen MR) is 147 cm³/mol. The minimum absolute atomic E-state index is 0.0779. The van der Waals surface area contributed by atoms with E-state index < -0.39 is 6.04 Å². The number of hydrogen-bond acceptors (Lipinski definition) is 4. The molecule has 0 radical (unpaired) electrons. The SMILES string of the molecule is COc1ccc(CCNC(=O)C(Cc2ccccc2)N(Cc2ccc(Cl)cc2)C(=O)C(C)C)cc1OC. The molecule has 1 atom stereocenters. The molecule has 7 heteroatoms. The Morgan fingerprint density at radius 3 is 2.14 bits per heavy atom. The Labute approximate surface area is 224 Å². The molecule has 0 aliphatic heterocycles. The van der Waals surface area contributed by atoms with E-state index in [1.807, 2.05) is 74.5 Å². The summed E-state index contributed by atoms with van der Waals surface area (Å²) in [6.45, 7) is 4.44. The molecule has 1 N–H and O–H groups in total. The third-order valence-electron chi connectivity index (χ3n) is 6.15. The number of benzene rings is 3. The Balaban J connectivity index is 1.81. The molecule has 196 valence electrons. The van der Waals surface area contributed by atoms with Crippen molar-refractivity contribution in [3.8, 4) is 11.5 Å². The number of rotatable bonds is 12. The number of methoxy groups -OCH3 is 2. The molecule has 0 aliphatic rings. The number of carbonyl (C=O) groups is 2. The van der Waals surface area contributed by atoms with Crippen LogP contribution in [0.5, 0.6) is 11.5 Å². The lowest BCUT2D eigenvalue weighted by molar-refractivity contribution is -0.143. The molecular formula is C30H35ClN2O4. The number of nitrogens with zero attached hydrogens (tertiary/aromatic N) is 1. The molecule has 3 aromatic rings. The van der Waals surface area contributed by atoms with Crippen LogP contribution in [0.4, 0.5) is 0 Å². The highest BCUT2D eigenvalue weighted by molar-refractivity contribution is 6.30. The summed E-state index contributed by atoms with van der Waals surface area (Å²) in [7, 11) is 3.19. The fourth-order valence-corrected chi connectivity index (χ4v) is 4.25. The monoisotopic (exact) mass is 522 g/mol. The molecule has 3 rings (SSSR count). The summed E-state index contributed by atoms with van der Waals surface area (Å²) >= 11 is 6.07. The Morgan fingerprint density at radius 1 is 0.865 bits per heavy atom. The number of amides is 2. The van der Waals surface area contributed by atoms with Gasteiger partial charge in [-0.25, -0.2) is 0 Å². The lowest BCUT2D eigenvalue weighted by Crippen LogP contribution is -2.51. The van der Waals surface area contributed by atoms with Crippen molar-refractivity contribution in [3.63, 3.8) is 0 Å². The van der Waals surface area contributed by atoms with Crippen LogP contribution in [0.3, 0.4) is 0 Å². The first-order valence-electron chi connectivity index (χ1n) is 12.4. The Bertz CT molecular complexity index is 1170. The third kappa shape index (κ3) is 7.99. The average molecular weight is 523 g/mol. The van der Waals surface area contributed by atoms with Gasteiger partial charge in [-0.1, -0.05) is 74.0 Å². The summed E-state index contributed by atoms with van der Waals surface area (Å²) in [4.78, 5) is 28.7. The van der Waals surface area contributed by atoms with Crippen LogP contribution >= 0.6 is 11.6 Å². The van der Waals surface area contributed by atoms with Gasteiger partial charge in [0.05, 0.1) is 14.2 Å². The van der Waals surface area contributed by atoms with Gasteiger partial charge in [0.15, 0.2) is 11.5 Å². The Hall–Kier alpha value is -3.51. The molecule has 2 amide bonds. The fourth-order valence-electron chi connectivity index (χ4n) is 4.13. The quantitative estimate of drug-likeness (QED) is 0.350. The number of halogens is 1. The normalized spacial score (nSPS) is 11.6. The van der Waals surface area contributed by atoms with Gasteiger partial charge in [-0.2, -0.15) is 0 Å². The van der Waals surface area contributed by atoms with E-state index in [2.05, 4.69) is 5.32 Å². The van der Waals surface area contributed by atoms with Gasteiger partial charge in [-0.3, -0.25) is 9.59 Å². The maximum absolute atomic E-state index is 13.6. The highest BCUT2D eigenvalue weighted by Crippen LogP contribution is 2.27. The van der Waals surface area contributed by atoms with Crippen LogP contribution in [0.1, 0.15) is 30.5 Å². The average Bonchev–Trinajstić information content (AvgIpc) is 2.91. The van der Waals surface area contributed by atoms with Gasteiger partial charge in [0, 0.05) is 30.5 Å². The highest BCUT2D eigenvalue weighted by Gasteiger charge is 2.31. The van der Waals surface area contributed by atoms with Gasteiger partial charge < -0.3 is 19.7 Å². The number of carbonyl (C=O) groups excluding carboxylic acids is 2. The number of hydrogen-bond donors (Lipinski definition) is 1. The van der Waals surface area contributed by atoms with E-state index >= 15 is 0 Å². The van der Waals surface area contributed by atoms with Crippen LogP contribution in [0.2, 0.25) is 5.02 Å². The molecule has 3 aromatic carbocycles. The first kappa shape index (κ1) is 28.1. The number of ether oxygens (including phenoxy) is 2.